The fraction of sp³-hybridized carbons (Fsp3) is 0.636. The molecule has 0 bridgehead atoms. The zero-order valence-electron chi connectivity index (χ0n) is 8.88. The molecule has 0 spiro atoms. The van der Waals surface area contributed by atoms with Gasteiger partial charge < -0.3 is 5.32 Å². The highest BCUT2D eigenvalue weighted by atomic mass is 15.0. The molecule has 1 aliphatic rings. The fourth-order valence-electron chi connectivity index (χ4n) is 1.53. The van der Waals surface area contributed by atoms with E-state index in [1.165, 1.54) is 12.8 Å². The summed E-state index contributed by atoms with van der Waals surface area (Å²) < 4.78 is 0. The van der Waals surface area contributed by atoms with Crippen LogP contribution in [-0.4, -0.2) is 17.0 Å². The van der Waals surface area contributed by atoms with Gasteiger partial charge in [0.2, 0.25) is 0 Å². The van der Waals surface area contributed by atoms with Crippen LogP contribution >= 0.6 is 0 Å². The predicted octanol–water partition coefficient (Wildman–Crippen LogP) is 2.03. The zero-order chi connectivity index (χ0) is 9.97. The Bertz CT molecular complexity index is 296. The topological polar surface area (TPSA) is 37.8 Å². The van der Waals surface area contributed by atoms with Crippen LogP contribution in [0, 0.1) is 5.92 Å². The Labute approximate surface area is 85.0 Å². The summed E-state index contributed by atoms with van der Waals surface area (Å²) in [5.41, 5.74) is 1.14. The Morgan fingerprint density at radius 1 is 1.43 bits per heavy atom. The quantitative estimate of drug-likeness (QED) is 0.791. The first kappa shape index (κ1) is 9.44. The van der Waals surface area contributed by atoms with E-state index in [-0.39, 0.29) is 0 Å². The van der Waals surface area contributed by atoms with Gasteiger partial charge in [0.1, 0.15) is 11.6 Å². The van der Waals surface area contributed by atoms with Gasteiger partial charge in [-0.2, -0.15) is 0 Å². The normalized spacial score (nSPS) is 15.6. The first-order chi connectivity index (χ1) is 6.81. The van der Waals surface area contributed by atoms with Crippen LogP contribution in [0.5, 0.6) is 0 Å². The molecule has 1 saturated carbocycles. The van der Waals surface area contributed by atoms with Gasteiger partial charge in [-0.15, -0.1) is 0 Å². The molecule has 3 nitrogen and oxygen atoms in total. The average Bonchev–Trinajstić information content (AvgIpc) is 3.01. The van der Waals surface area contributed by atoms with Gasteiger partial charge in [-0.25, -0.2) is 9.97 Å². The number of nitrogens with zero attached hydrogens (tertiary/aromatic N) is 2. The van der Waals surface area contributed by atoms with E-state index in [0.717, 1.165) is 36.1 Å². The molecule has 1 heterocycles. The van der Waals surface area contributed by atoms with Crippen molar-refractivity contribution in [2.75, 3.05) is 12.4 Å². The van der Waals surface area contributed by atoms with Gasteiger partial charge in [-0.3, -0.25) is 0 Å². The molecule has 0 atom stereocenters. The molecule has 3 heteroatoms. The van der Waals surface area contributed by atoms with Crippen molar-refractivity contribution in [3.63, 3.8) is 0 Å². The van der Waals surface area contributed by atoms with E-state index in [9.17, 15) is 0 Å². The van der Waals surface area contributed by atoms with Crippen molar-refractivity contribution in [3.8, 4) is 0 Å². The molecular weight excluding hydrogens is 174 g/mol. The van der Waals surface area contributed by atoms with E-state index in [1.54, 1.807) is 0 Å². The second-order valence-corrected chi connectivity index (χ2v) is 3.91. The van der Waals surface area contributed by atoms with Crippen LogP contribution in [0.2, 0.25) is 0 Å². The monoisotopic (exact) mass is 191 g/mol. The third-order valence-electron chi connectivity index (χ3n) is 2.61. The maximum atomic E-state index is 4.53. The lowest BCUT2D eigenvalue weighted by Crippen LogP contribution is -2.04. The van der Waals surface area contributed by atoms with Crippen LogP contribution in [0.3, 0.4) is 0 Å². The van der Waals surface area contributed by atoms with Gasteiger partial charge in [-0.1, -0.05) is 6.92 Å². The Morgan fingerprint density at radius 2 is 2.21 bits per heavy atom. The van der Waals surface area contributed by atoms with Gasteiger partial charge in [0.15, 0.2) is 0 Å². The fourth-order valence-corrected chi connectivity index (χ4v) is 1.53. The maximum absolute atomic E-state index is 4.53. The summed E-state index contributed by atoms with van der Waals surface area (Å²) in [6.07, 6.45) is 4.75. The predicted molar refractivity (Wildman–Crippen MR) is 57.4 cm³/mol. The molecule has 14 heavy (non-hydrogen) atoms. The molecule has 2 rings (SSSR count). The number of aromatic nitrogens is 2. The van der Waals surface area contributed by atoms with E-state index in [2.05, 4.69) is 22.2 Å². The summed E-state index contributed by atoms with van der Waals surface area (Å²) in [7, 11) is 1.91. The van der Waals surface area contributed by atoms with Gasteiger partial charge >= 0.3 is 0 Å². The number of aryl methyl sites for hydroxylation is 1. The number of rotatable bonds is 4. The molecule has 0 unspecified atom stereocenters. The van der Waals surface area contributed by atoms with Crippen molar-refractivity contribution < 1.29 is 0 Å². The Balaban J connectivity index is 2.19. The molecule has 1 aromatic heterocycles. The SMILES string of the molecule is CCc1cc(NC)nc(CC2CC2)n1. The van der Waals surface area contributed by atoms with E-state index in [1.807, 2.05) is 13.1 Å². The van der Waals surface area contributed by atoms with E-state index >= 15 is 0 Å². The van der Waals surface area contributed by atoms with Crippen LogP contribution < -0.4 is 5.32 Å². The lowest BCUT2D eigenvalue weighted by Gasteiger charge is -2.05. The van der Waals surface area contributed by atoms with Crippen molar-refractivity contribution in [3.05, 3.63) is 17.6 Å². The highest BCUT2D eigenvalue weighted by Gasteiger charge is 2.23. The van der Waals surface area contributed by atoms with E-state index in [4.69, 9.17) is 0 Å². The van der Waals surface area contributed by atoms with Crippen LogP contribution in [0.4, 0.5) is 5.82 Å². The van der Waals surface area contributed by atoms with Gasteiger partial charge in [0, 0.05) is 25.2 Å². The second-order valence-electron chi connectivity index (χ2n) is 3.91. The zero-order valence-corrected chi connectivity index (χ0v) is 8.88. The molecule has 1 aromatic rings. The summed E-state index contributed by atoms with van der Waals surface area (Å²) in [5.74, 6) is 2.82. The number of anilines is 1. The minimum atomic E-state index is 0.854. The first-order valence-corrected chi connectivity index (χ1v) is 5.36. The number of hydrogen-bond acceptors (Lipinski definition) is 3. The summed E-state index contributed by atoms with van der Waals surface area (Å²) in [4.78, 5) is 8.99. The highest BCUT2D eigenvalue weighted by molar-refractivity contribution is 5.35. The van der Waals surface area contributed by atoms with Gasteiger partial charge in [0.05, 0.1) is 0 Å². The average molecular weight is 191 g/mol. The largest absolute Gasteiger partial charge is 0.373 e. The summed E-state index contributed by atoms with van der Waals surface area (Å²) in [6.45, 7) is 2.13. The Morgan fingerprint density at radius 3 is 2.79 bits per heavy atom. The first-order valence-electron chi connectivity index (χ1n) is 5.36. The standard InChI is InChI=1S/C11H17N3/c1-3-9-7-10(12-2)14-11(13-9)6-8-4-5-8/h7-8H,3-6H2,1-2H3,(H,12,13,14). The van der Waals surface area contributed by atoms with Crippen LogP contribution in [0.25, 0.3) is 0 Å². The van der Waals surface area contributed by atoms with Crippen LogP contribution in [-0.2, 0) is 12.8 Å². The molecule has 1 N–H and O–H groups in total. The van der Waals surface area contributed by atoms with E-state index < -0.39 is 0 Å². The third-order valence-corrected chi connectivity index (χ3v) is 2.61. The van der Waals surface area contributed by atoms with Crippen LogP contribution in [0.15, 0.2) is 6.07 Å². The minimum absolute atomic E-state index is 0.854. The van der Waals surface area contributed by atoms with E-state index in [0.29, 0.717) is 0 Å². The molecule has 0 saturated heterocycles. The molecule has 0 aromatic carbocycles. The molecule has 0 aliphatic heterocycles. The Kier molecular flexibility index (Phi) is 2.66. The number of nitrogens with one attached hydrogen (secondary N) is 1. The molecule has 76 valence electrons. The second kappa shape index (κ2) is 3.95. The highest BCUT2D eigenvalue weighted by Crippen LogP contribution is 2.31. The molecule has 1 aliphatic carbocycles. The smallest absolute Gasteiger partial charge is 0.131 e. The maximum Gasteiger partial charge on any atom is 0.131 e. The summed E-state index contributed by atoms with van der Waals surface area (Å²) in [5, 5.41) is 3.08. The van der Waals surface area contributed by atoms with Crippen molar-refractivity contribution in [2.24, 2.45) is 5.92 Å². The van der Waals surface area contributed by atoms with Gasteiger partial charge in [0.25, 0.3) is 0 Å². The van der Waals surface area contributed by atoms with Crippen molar-refractivity contribution in [1.82, 2.24) is 9.97 Å². The summed E-state index contributed by atoms with van der Waals surface area (Å²) >= 11 is 0. The molecule has 0 amide bonds. The lowest BCUT2D eigenvalue weighted by molar-refractivity contribution is 0.759. The lowest BCUT2D eigenvalue weighted by atomic mass is 10.2. The third kappa shape index (κ3) is 2.22. The number of hydrogen-bond donors (Lipinski definition) is 1. The van der Waals surface area contributed by atoms with Crippen molar-refractivity contribution in [2.45, 2.75) is 32.6 Å². The van der Waals surface area contributed by atoms with Crippen LogP contribution in [0.1, 0.15) is 31.3 Å². The summed E-state index contributed by atoms with van der Waals surface area (Å²) in [6, 6.07) is 2.02. The van der Waals surface area contributed by atoms with Crippen molar-refractivity contribution >= 4 is 5.82 Å². The molecular formula is C11H17N3. The van der Waals surface area contributed by atoms with Crippen molar-refractivity contribution in [1.29, 1.82) is 0 Å². The Hall–Kier alpha value is -1.12. The minimum Gasteiger partial charge on any atom is -0.373 e. The molecule has 1 fully saturated rings. The van der Waals surface area contributed by atoms with Gasteiger partial charge in [-0.05, 0) is 25.2 Å². The molecule has 0 radical (unpaired) electrons.